The van der Waals surface area contributed by atoms with Crippen molar-refractivity contribution < 1.29 is 29.2 Å². The van der Waals surface area contributed by atoms with Crippen molar-refractivity contribution in [2.75, 3.05) is 34.3 Å². The van der Waals surface area contributed by atoms with E-state index in [-0.39, 0.29) is 0 Å². The molecule has 1 fully saturated rings. The van der Waals surface area contributed by atoms with E-state index in [1.54, 1.807) is 20.8 Å². The van der Waals surface area contributed by atoms with Crippen LogP contribution in [0.5, 0.6) is 0 Å². The smallest absolute Gasteiger partial charge is 0.410 e. The molecule has 0 spiro atoms. The van der Waals surface area contributed by atoms with Gasteiger partial charge in [0.15, 0.2) is 5.79 Å². The predicted octanol–water partition coefficient (Wildman–Crippen LogP) is 1.63. The summed E-state index contributed by atoms with van der Waals surface area (Å²) in [6.45, 7) is -0.134. The molecule has 6 heteroatoms. The largest absolute Gasteiger partial charge is 0.444 e. The Hall–Kier alpha value is -0.850. The number of likely N-dealkylation sites (tertiary alicyclic amines) is 1. The number of ether oxygens (including phenoxy) is 4. The fourth-order valence-electron chi connectivity index (χ4n) is 1.64. The van der Waals surface area contributed by atoms with Crippen LogP contribution in [0.3, 0.4) is 0 Å². The zero-order valence-corrected chi connectivity index (χ0v) is 12.3. The highest BCUT2D eigenvalue weighted by molar-refractivity contribution is 5.68. The number of hydrogen-bond donors (Lipinski definition) is 0. The third-order valence-corrected chi connectivity index (χ3v) is 2.63. The quantitative estimate of drug-likeness (QED) is 0.735. The highest BCUT2D eigenvalue weighted by Gasteiger charge is 2.46. The second-order valence-electron chi connectivity index (χ2n) is 5.12. The molecule has 1 aliphatic rings. The van der Waals surface area contributed by atoms with Crippen LogP contribution < -0.4 is 0 Å². The fourth-order valence-corrected chi connectivity index (χ4v) is 1.64. The molecule has 0 aliphatic carbocycles. The molecule has 1 unspecified atom stereocenters. The minimum Gasteiger partial charge on any atom is -0.444 e. The molecule has 1 aliphatic heterocycles. The van der Waals surface area contributed by atoms with Crippen molar-refractivity contribution in [3.63, 3.8) is 0 Å². The van der Waals surface area contributed by atoms with E-state index in [4.69, 9.17) is 24.4 Å². The summed E-state index contributed by atoms with van der Waals surface area (Å²) in [5.41, 5.74) is -0.900. The highest BCUT2D eigenvalue weighted by atomic mass is 16.7. The SMILES string of the molecule is [2H]C1([2H])CC(OC)(OC)C(OC)C([2H])([2H])N1C(=O)OC(C)(C)C. The Labute approximate surface area is 120 Å². The van der Waals surface area contributed by atoms with Crippen LogP contribution in [-0.2, 0) is 18.9 Å². The van der Waals surface area contributed by atoms with Crippen LogP contribution in [0, 0.1) is 0 Å². The summed E-state index contributed by atoms with van der Waals surface area (Å²) < 4.78 is 53.6. The van der Waals surface area contributed by atoms with Gasteiger partial charge in [-0.2, -0.15) is 0 Å². The van der Waals surface area contributed by atoms with Gasteiger partial charge in [-0.05, 0) is 20.8 Å². The summed E-state index contributed by atoms with van der Waals surface area (Å²) in [7, 11) is 3.78. The van der Waals surface area contributed by atoms with Gasteiger partial charge < -0.3 is 23.8 Å². The molecule has 112 valence electrons. The van der Waals surface area contributed by atoms with Crippen molar-refractivity contribution >= 4 is 6.09 Å². The first-order valence-electron chi connectivity index (χ1n) is 7.94. The minimum atomic E-state index is -2.56. The molecule has 1 rings (SSSR count). The van der Waals surface area contributed by atoms with Crippen molar-refractivity contribution in [2.24, 2.45) is 0 Å². The average molecular weight is 279 g/mol. The standard InChI is InChI=1S/C13H25NO5/c1-12(2,3)19-11(15)14-8-7-13(17-5,18-6)10(9-14)16-4/h10H,7-9H2,1-6H3/i8D2,9D2. The van der Waals surface area contributed by atoms with Gasteiger partial charge in [-0.3, -0.25) is 0 Å². The van der Waals surface area contributed by atoms with Crippen molar-refractivity contribution in [3.8, 4) is 0 Å². The highest BCUT2D eigenvalue weighted by Crippen LogP contribution is 2.29. The van der Waals surface area contributed by atoms with Gasteiger partial charge in [-0.1, -0.05) is 0 Å². The lowest BCUT2D eigenvalue weighted by atomic mass is 10.0. The van der Waals surface area contributed by atoms with Crippen LogP contribution in [0.15, 0.2) is 0 Å². The normalized spacial score (nSPS) is 31.7. The third-order valence-electron chi connectivity index (χ3n) is 2.63. The molecular formula is C13H25NO5. The Balaban J connectivity index is 3.35. The molecule has 0 bridgehead atoms. The first-order chi connectivity index (χ1) is 10.3. The summed E-state index contributed by atoms with van der Waals surface area (Å²) in [4.78, 5) is 12.8. The van der Waals surface area contributed by atoms with Gasteiger partial charge in [0.25, 0.3) is 0 Å². The van der Waals surface area contributed by atoms with Crippen LogP contribution >= 0.6 is 0 Å². The zero-order chi connectivity index (χ0) is 18.3. The molecule has 0 aromatic carbocycles. The van der Waals surface area contributed by atoms with E-state index < -0.39 is 43.0 Å². The lowest BCUT2D eigenvalue weighted by molar-refractivity contribution is -0.282. The van der Waals surface area contributed by atoms with Gasteiger partial charge >= 0.3 is 6.09 Å². The number of amides is 1. The summed E-state index contributed by atoms with van der Waals surface area (Å²) in [6, 6.07) is 0. The second kappa shape index (κ2) is 6.07. The van der Waals surface area contributed by atoms with E-state index in [1.165, 1.54) is 21.3 Å². The predicted molar refractivity (Wildman–Crippen MR) is 70.0 cm³/mol. The summed E-state index contributed by atoms with van der Waals surface area (Å²) in [5.74, 6) is -1.68. The molecule has 1 saturated heterocycles. The Morgan fingerprint density at radius 3 is 2.32 bits per heavy atom. The maximum atomic E-state index is 12.4. The molecule has 1 atom stereocenters. The Bertz CT molecular complexity index is 448. The van der Waals surface area contributed by atoms with Gasteiger partial charge in [-0.15, -0.1) is 0 Å². The lowest BCUT2D eigenvalue weighted by Gasteiger charge is -2.44. The van der Waals surface area contributed by atoms with Gasteiger partial charge in [-0.25, -0.2) is 4.79 Å². The zero-order valence-electron chi connectivity index (χ0n) is 16.3. The third kappa shape index (κ3) is 3.81. The van der Waals surface area contributed by atoms with Crippen LogP contribution in [0.1, 0.15) is 32.7 Å². The molecule has 0 aromatic heterocycles. The average Bonchev–Trinajstić information content (AvgIpc) is 2.33. The number of carbonyl (C=O) groups excluding carboxylic acids is 1. The Kier molecular flexibility index (Phi) is 3.48. The van der Waals surface area contributed by atoms with E-state index in [0.29, 0.717) is 4.90 Å². The first-order valence-corrected chi connectivity index (χ1v) is 5.94. The maximum Gasteiger partial charge on any atom is 0.410 e. The first kappa shape index (κ1) is 10.9. The van der Waals surface area contributed by atoms with Crippen molar-refractivity contribution in [1.82, 2.24) is 4.90 Å². The molecule has 0 radical (unpaired) electrons. The van der Waals surface area contributed by atoms with E-state index in [9.17, 15) is 4.79 Å². The van der Waals surface area contributed by atoms with Crippen molar-refractivity contribution in [3.05, 3.63) is 0 Å². The number of rotatable bonds is 3. The van der Waals surface area contributed by atoms with E-state index >= 15 is 0 Å². The van der Waals surface area contributed by atoms with E-state index in [1.807, 2.05) is 0 Å². The van der Waals surface area contributed by atoms with Crippen LogP contribution in [0.4, 0.5) is 4.79 Å². The van der Waals surface area contributed by atoms with Crippen molar-refractivity contribution in [1.29, 1.82) is 0 Å². The lowest BCUT2D eigenvalue weighted by Crippen LogP contribution is -2.59. The Morgan fingerprint density at radius 1 is 1.32 bits per heavy atom. The molecule has 0 aromatic rings. The van der Waals surface area contributed by atoms with E-state index in [2.05, 4.69) is 0 Å². The van der Waals surface area contributed by atoms with Gasteiger partial charge in [0.2, 0.25) is 0 Å². The minimum absolute atomic E-state index is 0.412. The molecule has 6 nitrogen and oxygen atoms in total. The van der Waals surface area contributed by atoms with E-state index in [0.717, 1.165) is 0 Å². The number of piperidine rings is 1. The molecular weight excluding hydrogens is 250 g/mol. The van der Waals surface area contributed by atoms with Gasteiger partial charge in [0.1, 0.15) is 11.7 Å². The van der Waals surface area contributed by atoms with Gasteiger partial charge in [0.05, 0.1) is 9.24 Å². The maximum absolute atomic E-state index is 12.4. The molecule has 1 heterocycles. The van der Waals surface area contributed by atoms with Crippen LogP contribution in [-0.4, -0.2) is 62.8 Å². The summed E-state index contributed by atoms with van der Waals surface area (Å²) >= 11 is 0. The van der Waals surface area contributed by atoms with Crippen LogP contribution in [0.25, 0.3) is 0 Å². The van der Waals surface area contributed by atoms with Crippen LogP contribution in [0.2, 0.25) is 0 Å². The van der Waals surface area contributed by atoms with Crippen molar-refractivity contribution in [2.45, 2.75) is 44.7 Å². The molecule has 19 heavy (non-hydrogen) atoms. The fraction of sp³-hybridized carbons (Fsp3) is 0.923. The van der Waals surface area contributed by atoms with Gasteiger partial charge in [0, 0.05) is 37.0 Å². The summed E-state index contributed by atoms with van der Waals surface area (Å²) in [5, 5.41) is 0. The number of methoxy groups -OCH3 is 3. The Morgan fingerprint density at radius 2 is 1.89 bits per heavy atom. The summed E-state index contributed by atoms with van der Waals surface area (Å²) in [6.07, 6.45) is -2.93. The second-order valence-corrected chi connectivity index (χ2v) is 5.12. The number of hydrogen-bond acceptors (Lipinski definition) is 5. The molecule has 1 amide bonds. The number of carbonyl (C=O) groups is 1. The molecule has 0 N–H and O–H groups in total. The monoisotopic (exact) mass is 279 g/mol. The topological polar surface area (TPSA) is 57.2 Å². The molecule has 0 saturated carbocycles. The number of nitrogens with zero attached hydrogens (tertiary/aromatic N) is 1.